The Hall–Kier alpha value is -1.47. The normalized spacial score (nSPS) is 13.4. The average Bonchev–Trinajstić information content (AvgIpc) is 2.73. The summed E-state index contributed by atoms with van der Waals surface area (Å²) in [4.78, 5) is 37.0. The first-order valence-corrected chi connectivity index (χ1v) is 13.6. The molecule has 0 saturated carbocycles. The van der Waals surface area contributed by atoms with Gasteiger partial charge in [-0.25, -0.2) is 0 Å². The second-order valence-electron chi connectivity index (χ2n) is 10.6. The Bertz CT molecular complexity index is 564. The Labute approximate surface area is 209 Å². The van der Waals surface area contributed by atoms with Gasteiger partial charge in [-0.3, -0.25) is 14.4 Å². The Kier molecular flexibility index (Phi) is 18.9. The Balaban J connectivity index is 4.38. The van der Waals surface area contributed by atoms with Crippen molar-refractivity contribution in [3.8, 4) is 0 Å². The zero-order valence-electron chi connectivity index (χ0n) is 23.1. The number of nitrogens with one attached hydrogen (secondary N) is 4. The molecule has 2 amide bonds. The SMILES string of the molecule is CC(=O)C(CCCCNC(C)C)NC(=O)C(CCCCNC(=O)CCCCC(C)C)NC(C)C. The lowest BCUT2D eigenvalue weighted by Crippen LogP contribution is -2.51. The van der Waals surface area contributed by atoms with Gasteiger partial charge >= 0.3 is 0 Å². The Morgan fingerprint density at radius 1 is 0.676 bits per heavy atom. The molecule has 0 aromatic rings. The van der Waals surface area contributed by atoms with Gasteiger partial charge in [-0.2, -0.15) is 0 Å². The first-order chi connectivity index (χ1) is 16.0. The van der Waals surface area contributed by atoms with Crippen molar-refractivity contribution in [2.24, 2.45) is 5.92 Å². The molecule has 34 heavy (non-hydrogen) atoms. The van der Waals surface area contributed by atoms with Crippen molar-refractivity contribution < 1.29 is 14.4 Å². The van der Waals surface area contributed by atoms with E-state index >= 15 is 0 Å². The van der Waals surface area contributed by atoms with Crippen molar-refractivity contribution in [1.82, 2.24) is 21.3 Å². The van der Waals surface area contributed by atoms with Crippen LogP contribution in [0.1, 0.15) is 113 Å². The van der Waals surface area contributed by atoms with E-state index in [2.05, 4.69) is 49.0 Å². The van der Waals surface area contributed by atoms with Gasteiger partial charge in [-0.1, -0.05) is 54.4 Å². The third-order valence-electron chi connectivity index (χ3n) is 5.81. The molecule has 0 aromatic heterocycles. The maximum Gasteiger partial charge on any atom is 0.237 e. The summed E-state index contributed by atoms with van der Waals surface area (Å²) in [6.07, 6.45) is 8.67. The van der Waals surface area contributed by atoms with Crippen LogP contribution in [0.3, 0.4) is 0 Å². The van der Waals surface area contributed by atoms with E-state index in [-0.39, 0.29) is 29.7 Å². The summed E-state index contributed by atoms with van der Waals surface area (Å²) in [6, 6.07) is -0.150. The number of hydrogen-bond acceptors (Lipinski definition) is 5. The smallest absolute Gasteiger partial charge is 0.237 e. The van der Waals surface area contributed by atoms with E-state index in [9.17, 15) is 14.4 Å². The number of rotatable bonds is 21. The molecular formula is C27H54N4O3. The van der Waals surface area contributed by atoms with E-state index in [0.29, 0.717) is 37.8 Å². The van der Waals surface area contributed by atoms with Gasteiger partial charge in [-0.05, 0) is 64.3 Å². The van der Waals surface area contributed by atoms with Crippen LogP contribution >= 0.6 is 0 Å². The highest BCUT2D eigenvalue weighted by Crippen LogP contribution is 2.09. The first kappa shape index (κ1) is 32.5. The van der Waals surface area contributed by atoms with Crippen molar-refractivity contribution in [3.63, 3.8) is 0 Å². The predicted molar refractivity (Wildman–Crippen MR) is 142 cm³/mol. The standard InChI is InChI=1S/C27H54N4O3/c1-20(2)14-8-9-17-26(33)29-19-13-11-16-25(30-22(5)6)27(34)31-24(23(7)32)15-10-12-18-28-21(3)4/h20-22,24-25,28,30H,8-19H2,1-7H3,(H,29,33)(H,31,34). The van der Waals surface area contributed by atoms with Gasteiger partial charge in [0.2, 0.25) is 11.8 Å². The largest absolute Gasteiger partial charge is 0.356 e. The molecule has 0 bridgehead atoms. The van der Waals surface area contributed by atoms with Crippen molar-refractivity contribution in [1.29, 1.82) is 0 Å². The van der Waals surface area contributed by atoms with Crippen LogP contribution < -0.4 is 21.3 Å². The van der Waals surface area contributed by atoms with Crippen LogP contribution in [0.15, 0.2) is 0 Å². The van der Waals surface area contributed by atoms with Crippen LogP contribution in [0.2, 0.25) is 0 Å². The monoisotopic (exact) mass is 482 g/mol. The molecule has 0 fully saturated rings. The summed E-state index contributed by atoms with van der Waals surface area (Å²) in [5.41, 5.74) is 0. The molecule has 2 unspecified atom stereocenters. The summed E-state index contributed by atoms with van der Waals surface area (Å²) >= 11 is 0. The van der Waals surface area contributed by atoms with Crippen molar-refractivity contribution in [2.45, 2.75) is 137 Å². The van der Waals surface area contributed by atoms with Crippen LogP contribution in [0.4, 0.5) is 0 Å². The fraction of sp³-hybridized carbons (Fsp3) is 0.889. The fourth-order valence-electron chi connectivity index (χ4n) is 3.83. The van der Waals surface area contributed by atoms with E-state index in [1.807, 2.05) is 13.8 Å². The van der Waals surface area contributed by atoms with Crippen LogP contribution in [0.25, 0.3) is 0 Å². The van der Waals surface area contributed by atoms with E-state index in [4.69, 9.17) is 0 Å². The van der Waals surface area contributed by atoms with E-state index in [0.717, 1.165) is 45.1 Å². The summed E-state index contributed by atoms with van der Waals surface area (Å²) in [6.45, 7) is 15.8. The van der Waals surface area contributed by atoms with E-state index in [1.54, 1.807) is 6.92 Å². The van der Waals surface area contributed by atoms with Gasteiger partial charge in [0.1, 0.15) is 0 Å². The zero-order valence-corrected chi connectivity index (χ0v) is 23.1. The highest BCUT2D eigenvalue weighted by molar-refractivity contribution is 5.89. The van der Waals surface area contributed by atoms with Gasteiger partial charge in [0.05, 0.1) is 12.1 Å². The van der Waals surface area contributed by atoms with Crippen LogP contribution in [0, 0.1) is 5.92 Å². The number of unbranched alkanes of at least 4 members (excludes halogenated alkanes) is 3. The molecular weight excluding hydrogens is 428 g/mol. The number of ketones is 1. The number of carbonyl (C=O) groups is 3. The molecule has 0 saturated heterocycles. The highest BCUT2D eigenvalue weighted by Gasteiger charge is 2.23. The number of hydrogen-bond donors (Lipinski definition) is 4. The summed E-state index contributed by atoms with van der Waals surface area (Å²) in [7, 11) is 0. The van der Waals surface area contributed by atoms with Gasteiger partial charge in [0.25, 0.3) is 0 Å². The van der Waals surface area contributed by atoms with Crippen LogP contribution in [0.5, 0.6) is 0 Å². The van der Waals surface area contributed by atoms with Crippen LogP contribution in [-0.2, 0) is 14.4 Å². The molecule has 4 N–H and O–H groups in total. The molecule has 0 spiro atoms. The second kappa shape index (κ2) is 19.8. The number of amides is 2. The minimum Gasteiger partial charge on any atom is -0.356 e. The fourth-order valence-corrected chi connectivity index (χ4v) is 3.83. The third-order valence-corrected chi connectivity index (χ3v) is 5.81. The maximum atomic E-state index is 12.9. The molecule has 2 atom stereocenters. The predicted octanol–water partition coefficient (Wildman–Crippen LogP) is 4.10. The molecule has 7 nitrogen and oxygen atoms in total. The topological polar surface area (TPSA) is 99.3 Å². The molecule has 0 aliphatic carbocycles. The molecule has 0 aliphatic rings. The van der Waals surface area contributed by atoms with Gasteiger partial charge in [0, 0.05) is 25.0 Å². The maximum absolute atomic E-state index is 12.9. The van der Waals surface area contributed by atoms with Gasteiger partial charge in [-0.15, -0.1) is 0 Å². The van der Waals surface area contributed by atoms with Crippen molar-refractivity contribution in [2.75, 3.05) is 13.1 Å². The third kappa shape index (κ3) is 18.9. The molecule has 0 aliphatic heterocycles. The van der Waals surface area contributed by atoms with Crippen molar-refractivity contribution >= 4 is 17.6 Å². The Morgan fingerprint density at radius 2 is 1.26 bits per heavy atom. The Morgan fingerprint density at radius 3 is 1.82 bits per heavy atom. The second-order valence-corrected chi connectivity index (χ2v) is 10.6. The van der Waals surface area contributed by atoms with E-state index in [1.165, 1.54) is 6.42 Å². The van der Waals surface area contributed by atoms with Crippen molar-refractivity contribution in [3.05, 3.63) is 0 Å². The molecule has 0 radical (unpaired) electrons. The quantitative estimate of drug-likeness (QED) is 0.185. The van der Waals surface area contributed by atoms with Gasteiger partial charge in [0.15, 0.2) is 5.78 Å². The van der Waals surface area contributed by atoms with Crippen LogP contribution in [-0.4, -0.2) is 54.9 Å². The average molecular weight is 483 g/mol. The van der Waals surface area contributed by atoms with E-state index < -0.39 is 6.04 Å². The number of carbonyl (C=O) groups excluding carboxylic acids is 3. The summed E-state index contributed by atoms with van der Waals surface area (Å²) in [5.74, 6) is 0.699. The lowest BCUT2D eigenvalue weighted by atomic mass is 10.0. The molecule has 7 heteroatoms. The molecule has 0 heterocycles. The minimum absolute atomic E-state index is 0.00423. The molecule has 0 rings (SSSR count). The number of Topliss-reactive ketones (excluding diaryl/α,β-unsaturated/α-hetero) is 1. The minimum atomic E-state index is -0.432. The zero-order chi connectivity index (χ0) is 25.9. The highest BCUT2D eigenvalue weighted by atomic mass is 16.2. The van der Waals surface area contributed by atoms with Gasteiger partial charge < -0.3 is 21.3 Å². The summed E-state index contributed by atoms with van der Waals surface area (Å²) in [5, 5.41) is 12.7. The lowest BCUT2D eigenvalue weighted by Gasteiger charge is -2.24. The first-order valence-electron chi connectivity index (χ1n) is 13.6. The summed E-state index contributed by atoms with van der Waals surface area (Å²) < 4.78 is 0. The molecule has 200 valence electrons. The molecule has 0 aromatic carbocycles. The lowest BCUT2D eigenvalue weighted by molar-refractivity contribution is -0.128.